The van der Waals surface area contributed by atoms with Gasteiger partial charge in [0, 0.05) is 12.2 Å². The SMILES string of the molecule is CCCC[C@H](CC)CNC(=O)c1cncn1-c1ccc(-c2c(OC)cccc2OC)cc1. The first-order chi connectivity index (χ1) is 15.6. The molecule has 1 N–H and O–H groups in total. The zero-order valence-corrected chi connectivity index (χ0v) is 19.4. The molecule has 0 unspecified atom stereocenters. The molecule has 170 valence electrons. The summed E-state index contributed by atoms with van der Waals surface area (Å²) >= 11 is 0. The summed E-state index contributed by atoms with van der Waals surface area (Å²) < 4.78 is 12.9. The molecule has 6 heteroatoms. The monoisotopic (exact) mass is 435 g/mol. The van der Waals surface area contributed by atoms with Crippen LogP contribution in [-0.2, 0) is 0 Å². The fraction of sp³-hybridized carbons (Fsp3) is 0.385. The average Bonchev–Trinajstić information content (AvgIpc) is 3.33. The van der Waals surface area contributed by atoms with Gasteiger partial charge in [0.25, 0.3) is 5.91 Å². The number of rotatable bonds is 11. The number of carbonyl (C=O) groups is 1. The van der Waals surface area contributed by atoms with Crippen molar-refractivity contribution in [3.8, 4) is 28.3 Å². The van der Waals surface area contributed by atoms with Crippen LogP contribution in [0, 0.1) is 5.92 Å². The van der Waals surface area contributed by atoms with Crippen molar-refractivity contribution < 1.29 is 14.3 Å². The minimum Gasteiger partial charge on any atom is -0.496 e. The minimum atomic E-state index is -0.104. The third kappa shape index (κ3) is 5.31. The van der Waals surface area contributed by atoms with Gasteiger partial charge in [-0.1, -0.05) is 51.3 Å². The molecule has 3 aromatic rings. The molecule has 1 atom stereocenters. The summed E-state index contributed by atoms with van der Waals surface area (Å²) in [4.78, 5) is 17.1. The first-order valence-electron chi connectivity index (χ1n) is 11.2. The standard InChI is InChI=1S/C26H33N3O3/c1-5-7-9-19(6-2)16-28-26(30)22-17-27-18-29(22)21-14-12-20(13-15-21)25-23(31-3)10-8-11-24(25)32-4/h8,10-15,17-19H,5-7,9,16H2,1-4H3,(H,28,30)/t19-/m0/s1. The van der Waals surface area contributed by atoms with Crippen molar-refractivity contribution in [2.45, 2.75) is 39.5 Å². The Morgan fingerprint density at radius 1 is 1.06 bits per heavy atom. The molecule has 0 aliphatic carbocycles. The van der Waals surface area contributed by atoms with Gasteiger partial charge in [0.1, 0.15) is 17.2 Å². The Morgan fingerprint density at radius 2 is 1.75 bits per heavy atom. The number of unbranched alkanes of at least 4 members (excludes halogenated alkanes) is 1. The van der Waals surface area contributed by atoms with E-state index in [1.54, 1.807) is 26.7 Å². The fourth-order valence-corrected chi connectivity index (χ4v) is 3.86. The number of ether oxygens (including phenoxy) is 2. The molecule has 1 aromatic heterocycles. The highest BCUT2D eigenvalue weighted by molar-refractivity contribution is 5.93. The van der Waals surface area contributed by atoms with E-state index in [1.165, 1.54) is 12.8 Å². The predicted molar refractivity (Wildman–Crippen MR) is 128 cm³/mol. The van der Waals surface area contributed by atoms with E-state index in [-0.39, 0.29) is 5.91 Å². The largest absolute Gasteiger partial charge is 0.496 e. The van der Waals surface area contributed by atoms with Crippen LogP contribution < -0.4 is 14.8 Å². The maximum atomic E-state index is 12.8. The first kappa shape index (κ1) is 23.4. The van der Waals surface area contributed by atoms with Gasteiger partial charge in [-0.3, -0.25) is 9.36 Å². The molecule has 3 rings (SSSR count). The topological polar surface area (TPSA) is 65.4 Å². The van der Waals surface area contributed by atoms with Gasteiger partial charge >= 0.3 is 0 Å². The Hall–Kier alpha value is -3.28. The molecule has 0 fully saturated rings. The summed E-state index contributed by atoms with van der Waals surface area (Å²) in [6.45, 7) is 5.06. The Morgan fingerprint density at radius 3 is 2.34 bits per heavy atom. The summed E-state index contributed by atoms with van der Waals surface area (Å²) in [5.74, 6) is 1.89. The zero-order chi connectivity index (χ0) is 22.9. The van der Waals surface area contributed by atoms with Crippen molar-refractivity contribution in [3.63, 3.8) is 0 Å². The van der Waals surface area contributed by atoms with Crippen LogP contribution in [0.3, 0.4) is 0 Å². The second-order valence-corrected chi connectivity index (χ2v) is 7.86. The number of methoxy groups -OCH3 is 2. The Labute approximate surface area is 190 Å². The molecular weight excluding hydrogens is 402 g/mol. The van der Waals surface area contributed by atoms with Crippen LogP contribution in [0.4, 0.5) is 0 Å². The molecule has 0 bridgehead atoms. The van der Waals surface area contributed by atoms with Crippen LogP contribution in [0.2, 0.25) is 0 Å². The number of benzene rings is 2. The van der Waals surface area contributed by atoms with Crippen molar-refractivity contribution in [1.29, 1.82) is 0 Å². The lowest BCUT2D eigenvalue weighted by atomic mass is 9.99. The Kier molecular flexibility index (Phi) is 8.31. The molecule has 32 heavy (non-hydrogen) atoms. The Bertz CT molecular complexity index is 989. The molecule has 0 saturated heterocycles. The second-order valence-electron chi connectivity index (χ2n) is 7.86. The highest BCUT2D eigenvalue weighted by Gasteiger charge is 2.16. The third-order valence-corrected chi connectivity index (χ3v) is 5.83. The lowest BCUT2D eigenvalue weighted by Gasteiger charge is -2.16. The van der Waals surface area contributed by atoms with E-state index in [4.69, 9.17) is 9.47 Å². The maximum absolute atomic E-state index is 12.8. The van der Waals surface area contributed by atoms with E-state index < -0.39 is 0 Å². The normalized spacial score (nSPS) is 11.8. The van der Waals surface area contributed by atoms with Gasteiger partial charge in [-0.2, -0.15) is 0 Å². The van der Waals surface area contributed by atoms with Gasteiger partial charge in [0.2, 0.25) is 0 Å². The summed E-state index contributed by atoms with van der Waals surface area (Å²) in [6, 6.07) is 13.6. The van der Waals surface area contributed by atoms with E-state index >= 15 is 0 Å². The molecule has 0 aliphatic heterocycles. The number of imidazole rings is 1. The molecule has 6 nitrogen and oxygen atoms in total. The smallest absolute Gasteiger partial charge is 0.269 e. The molecule has 0 radical (unpaired) electrons. The first-order valence-corrected chi connectivity index (χ1v) is 11.2. The number of hydrogen-bond acceptors (Lipinski definition) is 4. The lowest BCUT2D eigenvalue weighted by Crippen LogP contribution is -2.30. The van der Waals surface area contributed by atoms with E-state index in [0.717, 1.165) is 41.2 Å². The van der Waals surface area contributed by atoms with Crippen LogP contribution in [0.1, 0.15) is 50.0 Å². The van der Waals surface area contributed by atoms with Crippen LogP contribution in [0.15, 0.2) is 55.0 Å². The quantitative estimate of drug-likeness (QED) is 0.432. The second kappa shape index (κ2) is 11.4. The number of nitrogens with zero attached hydrogens (tertiary/aromatic N) is 2. The highest BCUT2D eigenvalue weighted by atomic mass is 16.5. The average molecular weight is 436 g/mol. The number of hydrogen-bond donors (Lipinski definition) is 1. The molecule has 2 aromatic carbocycles. The molecule has 0 saturated carbocycles. The highest BCUT2D eigenvalue weighted by Crippen LogP contribution is 2.38. The van der Waals surface area contributed by atoms with Gasteiger partial charge in [-0.25, -0.2) is 4.98 Å². The van der Waals surface area contributed by atoms with Crippen molar-refractivity contribution in [1.82, 2.24) is 14.9 Å². The number of nitrogens with one attached hydrogen (secondary N) is 1. The van der Waals surface area contributed by atoms with Crippen molar-refractivity contribution in [3.05, 3.63) is 60.7 Å². The van der Waals surface area contributed by atoms with Gasteiger partial charge in [0.05, 0.1) is 32.3 Å². The zero-order valence-electron chi connectivity index (χ0n) is 19.4. The van der Waals surface area contributed by atoms with Crippen LogP contribution in [-0.4, -0.2) is 36.2 Å². The minimum absolute atomic E-state index is 0.104. The van der Waals surface area contributed by atoms with Gasteiger partial charge < -0.3 is 14.8 Å². The van der Waals surface area contributed by atoms with Gasteiger partial charge in [0.15, 0.2) is 0 Å². The summed E-state index contributed by atoms with van der Waals surface area (Å²) in [5.41, 5.74) is 3.25. The molecule has 0 aliphatic rings. The van der Waals surface area contributed by atoms with E-state index in [0.29, 0.717) is 18.2 Å². The van der Waals surface area contributed by atoms with E-state index in [2.05, 4.69) is 24.1 Å². The van der Waals surface area contributed by atoms with Crippen molar-refractivity contribution in [2.75, 3.05) is 20.8 Å². The number of carbonyl (C=O) groups excluding carboxylic acids is 1. The van der Waals surface area contributed by atoms with E-state index in [1.807, 2.05) is 47.0 Å². The molecule has 1 heterocycles. The maximum Gasteiger partial charge on any atom is 0.269 e. The number of amides is 1. The van der Waals surface area contributed by atoms with Crippen LogP contribution in [0.25, 0.3) is 16.8 Å². The van der Waals surface area contributed by atoms with Gasteiger partial charge in [-0.05, 0) is 42.2 Å². The van der Waals surface area contributed by atoms with Crippen molar-refractivity contribution >= 4 is 5.91 Å². The molecule has 0 spiro atoms. The van der Waals surface area contributed by atoms with Crippen LogP contribution in [0.5, 0.6) is 11.5 Å². The van der Waals surface area contributed by atoms with E-state index in [9.17, 15) is 4.79 Å². The fourth-order valence-electron chi connectivity index (χ4n) is 3.86. The summed E-state index contributed by atoms with van der Waals surface area (Å²) in [5, 5.41) is 3.09. The molecule has 1 amide bonds. The lowest BCUT2D eigenvalue weighted by molar-refractivity contribution is 0.0939. The van der Waals surface area contributed by atoms with Crippen molar-refractivity contribution in [2.24, 2.45) is 5.92 Å². The Balaban J connectivity index is 1.79. The predicted octanol–water partition coefficient (Wildman–Crippen LogP) is 5.50. The van der Waals surface area contributed by atoms with Gasteiger partial charge in [-0.15, -0.1) is 0 Å². The third-order valence-electron chi connectivity index (χ3n) is 5.83. The summed E-state index contributed by atoms with van der Waals surface area (Å²) in [7, 11) is 3.29. The molecular formula is C26H33N3O3. The number of aromatic nitrogens is 2. The summed E-state index contributed by atoms with van der Waals surface area (Å²) in [6.07, 6.45) is 7.85. The van der Waals surface area contributed by atoms with Crippen LogP contribution >= 0.6 is 0 Å².